The van der Waals surface area contributed by atoms with Gasteiger partial charge in [-0.2, -0.15) is 0 Å². The summed E-state index contributed by atoms with van der Waals surface area (Å²) in [5, 5.41) is 0. The molecule has 3 unspecified atom stereocenters. The van der Waals surface area contributed by atoms with Crippen LogP contribution >= 0.6 is 0 Å². The lowest BCUT2D eigenvalue weighted by molar-refractivity contribution is -0.140. The summed E-state index contributed by atoms with van der Waals surface area (Å²) >= 11 is 0. The van der Waals surface area contributed by atoms with Crippen molar-refractivity contribution in [3.8, 4) is 0 Å². The summed E-state index contributed by atoms with van der Waals surface area (Å²) in [4.78, 5) is 17.1. The highest BCUT2D eigenvalue weighted by molar-refractivity contribution is 5.88. The van der Waals surface area contributed by atoms with Crippen molar-refractivity contribution in [3.63, 3.8) is 0 Å². The quantitative estimate of drug-likeness (QED) is 0.695. The number of hydroxylamine groups is 1. The minimum atomic E-state index is -0.146. The van der Waals surface area contributed by atoms with E-state index in [1.54, 1.807) is 0 Å². The van der Waals surface area contributed by atoms with Gasteiger partial charge in [-0.25, -0.2) is 5.48 Å². The van der Waals surface area contributed by atoms with E-state index in [0.717, 1.165) is 19.4 Å². The van der Waals surface area contributed by atoms with Gasteiger partial charge >= 0.3 is 0 Å². The molecule has 2 saturated carbocycles. The Morgan fingerprint density at radius 3 is 2.86 bits per heavy atom. The fourth-order valence-corrected chi connectivity index (χ4v) is 2.47. The molecule has 0 radical (unpaired) electrons. The van der Waals surface area contributed by atoms with Crippen molar-refractivity contribution in [2.24, 2.45) is 17.8 Å². The van der Waals surface area contributed by atoms with Crippen LogP contribution in [0.1, 0.15) is 33.1 Å². The van der Waals surface area contributed by atoms with Crippen molar-refractivity contribution in [1.82, 2.24) is 5.48 Å². The highest BCUT2D eigenvalue weighted by Gasteiger charge is 2.47. The Bertz CT molecular complexity index is 227. The van der Waals surface area contributed by atoms with Gasteiger partial charge in [0.1, 0.15) is 6.10 Å². The van der Waals surface area contributed by atoms with Gasteiger partial charge in [0.2, 0.25) is 0 Å². The Hall–Kier alpha value is -0.410. The number of fused-ring (bicyclic) bond motifs is 2. The van der Waals surface area contributed by atoms with Gasteiger partial charge in [0, 0.05) is 12.5 Å². The Balaban J connectivity index is 1.78. The molecular formula is C11H19NO2. The van der Waals surface area contributed by atoms with E-state index in [0.29, 0.717) is 23.5 Å². The van der Waals surface area contributed by atoms with E-state index in [4.69, 9.17) is 4.84 Å². The van der Waals surface area contributed by atoms with Gasteiger partial charge in [-0.3, -0.25) is 9.63 Å². The molecule has 0 aromatic rings. The maximum atomic E-state index is 11.7. The number of hydrogen-bond acceptors (Lipinski definition) is 3. The molecule has 2 aliphatic carbocycles. The molecule has 3 heteroatoms. The molecule has 0 heterocycles. The molecule has 0 spiro atoms. The van der Waals surface area contributed by atoms with Crippen LogP contribution in [0.25, 0.3) is 0 Å². The van der Waals surface area contributed by atoms with Crippen LogP contribution in [0.3, 0.4) is 0 Å². The van der Waals surface area contributed by atoms with Crippen LogP contribution in [0.2, 0.25) is 0 Å². The van der Waals surface area contributed by atoms with Crippen LogP contribution < -0.4 is 5.48 Å². The third-order valence-electron chi connectivity index (χ3n) is 3.29. The number of hydrogen-bond donors (Lipinski definition) is 1. The third-order valence-corrected chi connectivity index (χ3v) is 3.29. The summed E-state index contributed by atoms with van der Waals surface area (Å²) in [6, 6.07) is 0. The molecule has 2 rings (SSSR count). The van der Waals surface area contributed by atoms with Gasteiger partial charge < -0.3 is 0 Å². The lowest BCUT2D eigenvalue weighted by atomic mass is 9.97. The predicted octanol–water partition coefficient (Wildman–Crippen LogP) is 1.53. The largest absolute Gasteiger partial charge is 0.296 e. The first-order valence-corrected chi connectivity index (χ1v) is 5.60. The summed E-state index contributed by atoms with van der Waals surface area (Å²) in [5.41, 5.74) is 2.92. The first kappa shape index (κ1) is 10.1. The highest BCUT2D eigenvalue weighted by atomic mass is 16.7. The molecule has 0 aromatic carbocycles. The second kappa shape index (κ2) is 3.99. The molecule has 2 fully saturated rings. The number of Topliss-reactive ketones (excluding diaryl/α,β-unsaturated/α-hetero) is 1. The van der Waals surface area contributed by atoms with Gasteiger partial charge in [-0.15, -0.1) is 0 Å². The van der Waals surface area contributed by atoms with Crippen molar-refractivity contribution < 1.29 is 9.63 Å². The molecule has 2 aliphatic rings. The fourth-order valence-electron chi connectivity index (χ4n) is 2.47. The van der Waals surface area contributed by atoms with Crippen molar-refractivity contribution in [1.29, 1.82) is 0 Å². The van der Waals surface area contributed by atoms with Gasteiger partial charge in [0.25, 0.3) is 0 Å². The Morgan fingerprint density at radius 2 is 2.29 bits per heavy atom. The van der Waals surface area contributed by atoms with Crippen molar-refractivity contribution in [2.45, 2.75) is 39.2 Å². The maximum absolute atomic E-state index is 11.7. The fraction of sp³-hybridized carbons (Fsp3) is 0.909. The lowest BCUT2D eigenvalue weighted by Gasteiger charge is -2.21. The predicted molar refractivity (Wildman–Crippen MR) is 53.6 cm³/mol. The molecule has 3 atom stereocenters. The van der Waals surface area contributed by atoms with E-state index in [1.165, 1.54) is 6.42 Å². The third kappa shape index (κ3) is 1.84. The molecule has 0 amide bonds. The van der Waals surface area contributed by atoms with Crippen molar-refractivity contribution in [2.75, 3.05) is 6.54 Å². The topological polar surface area (TPSA) is 38.3 Å². The summed E-state index contributed by atoms with van der Waals surface area (Å²) in [5.74, 6) is 1.69. The van der Waals surface area contributed by atoms with E-state index < -0.39 is 0 Å². The highest BCUT2D eigenvalue weighted by Crippen LogP contribution is 2.43. The first-order valence-electron chi connectivity index (χ1n) is 5.60. The molecular weight excluding hydrogens is 178 g/mol. The number of nitrogens with one attached hydrogen (secondary N) is 1. The number of rotatable bonds is 4. The van der Waals surface area contributed by atoms with Crippen LogP contribution in [0, 0.1) is 17.8 Å². The Labute approximate surface area is 85.2 Å². The van der Waals surface area contributed by atoms with Crippen LogP contribution in [-0.2, 0) is 9.63 Å². The molecule has 80 valence electrons. The van der Waals surface area contributed by atoms with E-state index in [1.807, 2.05) is 0 Å². The van der Waals surface area contributed by atoms with Crippen LogP contribution in [0.4, 0.5) is 0 Å². The number of carbonyl (C=O) groups excluding carboxylic acids is 1. The van der Waals surface area contributed by atoms with Gasteiger partial charge in [0.15, 0.2) is 5.78 Å². The van der Waals surface area contributed by atoms with Crippen LogP contribution in [-0.4, -0.2) is 18.4 Å². The second-order valence-corrected chi connectivity index (χ2v) is 4.95. The van der Waals surface area contributed by atoms with Gasteiger partial charge in [0.05, 0.1) is 0 Å². The average Bonchev–Trinajstić information content (AvgIpc) is 2.68. The van der Waals surface area contributed by atoms with E-state index in [9.17, 15) is 4.79 Å². The minimum Gasteiger partial charge on any atom is -0.296 e. The van der Waals surface area contributed by atoms with Crippen LogP contribution in [0.15, 0.2) is 0 Å². The Morgan fingerprint density at radius 1 is 1.50 bits per heavy atom. The standard InChI is InChI=1S/C11H19NO2/c1-7(2)6-12-14-11-9-4-3-8(5-9)10(11)13/h7-9,11-12H,3-6H2,1-2H3. The zero-order valence-electron chi connectivity index (χ0n) is 8.95. The normalized spacial score (nSPS) is 35.9. The van der Waals surface area contributed by atoms with E-state index >= 15 is 0 Å². The van der Waals surface area contributed by atoms with Gasteiger partial charge in [-0.1, -0.05) is 13.8 Å². The number of carbonyl (C=O) groups is 1. The average molecular weight is 197 g/mol. The molecule has 2 bridgehead atoms. The SMILES string of the molecule is CC(C)CNOC1C(=O)C2CCC1C2. The second-order valence-electron chi connectivity index (χ2n) is 4.95. The van der Waals surface area contributed by atoms with Crippen molar-refractivity contribution >= 4 is 5.78 Å². The molecule has 1 N–H and O–H groups in total. The summed E-state index contributed by atoms with van der Waals surface area (Å²) in [6.45, 7) is 5.07. The maximum Gasteiger partial charge on any atom is 0.167 e. The zero-order valence-corrected chi connectivity index (χ0v) is 8.95. The summed E-state index contributed by atoms with van der Waals surface area (Å²) < 4.78 is 0. The zero-order chi connectivity index (χ0) is 10.1. The smallest absolute Gasteiger partial charge is 0.167 e. The van der Waals surface area contributed by atoms with Gasteiger partial charge in [-0.05, 0) is 31.1 Å². The molecule has 14 heavy (non-hydrogen) atoms. The minimum absolute atomic E-state index is 0.146. The van der Waals surface area contributed by atoms with Crippen LogP contribution in [0.5, 0.6) is 0 Å². The number of ketones is 1. The Kier molecular flexibility index (Phi) is 2.88. The van der Waals surface area contributed by atoms with E-state index in [2.05, 4.69) is 19.3 Å². The van der Waals surface area contributed by atoms with E-state index in [-0.39, 0.29) is 6.10 Å². The lowest BCUT2D eigenvalue weighted by Crippen LogP contribution is -2.36. The molecule has 0 aromatic heterocycles. The van der Waals surface area contributed by atoms with Crippen molar-refractivity contribution in [3.05, 3.63) is 0 Å². The summed E-state index contributed by atoms with van der Waals surface area (Å²) in [7, 11) is 0. The summed E-state index contributed by atoms with van der Waals surface area (Å²) in [6.07, 6.45) is 3.18. The monoisotopic (exact) mass is 197 g/mol. The molecule has 3 nitrogen and oxygen atoms in total. The first-order chi connectivity index (χ1) is 6.68. The molecule has 0 aliphatic heterocycles. The molecule has 0 saturated heterocycles.